The SMILES string of the molecule is Cn1c(=NC2CCN(CCCCOc3ccc(F)cc3)CC2)sc2ccccc21.O=C(O)C=CC(=O)O.O=C(O)C=CC(=O)O. The van der Waals surface area contributed by atoms with Gasteiger partial charge >= 0.3 is 23.9 Å². The van der Waals surface area contributed by atoms with E-state index < -0.39 is 23.9 Å². The first-order valence-corrected chi connectivity index (χ1v) is 14.7. The maximum atomic E-state index is 12.9. The van der Waals surface area contributed by atoms with E-state index in [4.69, 9.17) is 30.2 Å². The van der Waals surface area contributed by atoms with Crippen LogP contribution in [0.3, 0.4) is 0 Å². The molecule has 4 rings (SSSR count). The zero-order chi connectivity index (χ0) is 33.2. The molecule has 0 saturated carbocycles. The van der Waals surface area contributed by atoms with Crippen LogP contribution < -0.4 is 9.54 Å². The molecule has 0 unspecified atom stereocenters. The van der Waals surface area contributed by atoms with E-state index in [9.17, 15) is 23.6 Å². The highest BCUT2D eigenvalue weighted by Gasteiger charge is 2.18. The summed E-state index contributed by atoms with van der Waals surface area (Å²) in [5.41, 5.74) is 1.26. The number of aryl methyl sites for hydroxylation is 1. The van der Waals surface area contributed by atoms with Crippen molar-refractivity contribution in [1.29, 1.82) is 0 Å². The number of nitrogens with zero attached hydrogens (tertiary/aromatic N) is 3. The fourth-order valence-electron chi connectivity index (χ4n) is 4.08. The molecule has 14 heteroatoms. The molecule has 0 radical (unpaired) electrons. The van der Waals surface area contributed by atoms with Crippen molar-refractivity contribution in [1.82, 2.24) is 9.47 Å². The zero-order valence-corrected chi connectivity index (χ0v) is 25.4. The Morgan fingerprint density at radius 2 is 1.40 bits per heavy atom. The van der Waals surface area contributed by atoms with Crippen LogP contribution in [0.4, 0.5) is 4.39 Å². The first kappa shape index (κ1) is 36.4. The van der Waals surface area contributed by atoms with E-state index in [2.05, 4.69) is 40.8 Å². The van der Waals surface area contributed by atoms with Crippen LogP contribution in [0.2, 0.25) is 0 Å². The molecular formula is C31H36FN3O9S. The van der Waals surface area contributed by atoms with E-state index in [1.165, 1.54) is 22.3 Å². The molecule has 45 heavy (non-hydrogen) atoms. The number of carboxylic acid groups (broad SMARTS) is 4. The van der Waals surface area contributed by atoms with Crippen LogP contribution in [-0.2, 0) is 26.2 Å². The third kappa shape index (κ3) is 15.0. The van der Waals surface area contributed by atoms with Crippen LogP contribution in [0.25, 0.3) is 10.2 Å². The maximum absolute atomic E-state index is 12.9. The lowest BCUT2D eigenvalue weighted by Gasteiger charge is -2.29. The number of fused-ring (bicyclic) bond motifs is 1. The second-order valence-corrected chi connectivity index (χ2v) is 10.7. The van der Waals surface area contributed by atoms with Crippen LogP contribution in [0.5, 0.6) is 5.75 Å². The van der Waals surface area contributed by atoms with E-state index in [1.54, 1.807) is 23.5 Å². The van der Waals surface area contributed by atoms with Crippen LogP contribution in [0.15, 0.2) is 77.8 Å². The Balaban J connectivity index is 0.000000365. The van der Waals surface area contributed by atoms with Gasteiger partial charge in [-0.3, -0.25) is 4.99 Å². The van der Waals surface area contributed by atoms with Crippen molar-refractivity contribution in [3.05, 3.63) is 83.5 Å². The Hall–Kier alpha value is -4.82. The molecule has 12 nitrogen and oxygen atoms in total. The molecule has 0 amide bonds. The number of likely N-dealkylation sites (tertiary alicyclic amines) is 1. The van der Waals surface area contributed by atoms with Gasteiger partial charge in [0.2, 0.25) is 0 Å². The Labute approximate surface area is 262 Å². The summed E-state index contributed by atoms with van der Waals surface area (Å²) in [5.74, 6) is -4.52. The molecule has 0 spiro atoms. The number of thiazole rings is 1. The summed E-state index contributed by atoms with van der Waals surface area (Å²) in [6, 6.07) is 15.2. The lowest BCUT2D eigenvalue weighted by Crippen LogP contribution is -2.36. The molecule has 1 aromatic heterocycles. The lowest BCUT2D eigenvalue weighted by atomic mass is 10.1. The molecule has 3 aromatic rings. The van der Waals surface area contributed by atoms with Gasteiger partial charge in [0, 0.05) is 44.4 Å². The predicted molar refractivity (Wildman–Crippen MR) is 166 cm³/mol. The van der Waals surface area contributed by atoms with Crippen LogP contribution in [0, 0.1) is 5.82 Å². The van der Waals surface area contributed by atoms with E-state index in [1.807, 2.05) is 0 Å². The highest BCUT2D eigenvalue weighted by molar-refractivity contribution is 7.16. The Morgan fingerprint density at radius 1 is 0.867 bits per heavy atom. The van der Waals surface area contributed by atoms with Gasteiger partial charge in [0.1, 0.15) is 11.6 Å². The standard InChI is InChI=1S/C23H28FN3OS.2C4H4O4/c1-26-21-6-2-3-7-22(21)29-23(26)25-19-12-15-27(16-13-19)14-4-5-17-28-20-10-8-18(24)9-11-20;2*5-3(6)1-2-4(7)8/h2-3,6-11,19H,4-5,12-17H2,1H3;2*1-2H,(H,5,6)(H,7,8). The maximum Gasteiger partial charge on any atom is 0.328 e. The number of aliphatic carboxylic acids is 4. The summed E-state index contributed by atoms with van der Waals surface area (Å²) < 4.78 is 22.1. The number of carboxylic acids is 4. The van der Waals surface area contributed by atoms with Gasteiger partial charge in [0.25, 0.3) is 0 Å². The van der Waals surface area contributed by atoms with Crippen molar-refractivity contribution >= 4 is 45.4 Å². The summed E-state index contributed by atoms with van der Waals surface area (Å²) in [5, 5.41) is 31.2. The minimum Gasteiger partial charge on any atom is -0.494 e. The van der Waals surface area contributed by atoms with Crippen molar-refractivity contribution in [2.75, 3.05) is 26.2 Å². The van der Waals surface area contributed by atoms with E-state index in [0.717, 1.165) is 55.9 Å². The number of ether oxygens (including phenoxy) is 1. The smallest absolute Gasteiger partial charge is 0.328 e. The molecule has 0 bridgehead atoms. The van der Waals surface area contributed by atoms with Crippen molar-refractivity contribution in [2.24, 2.45) is 12.0 Å². The Morgan fingerprint density at radius 3 is 1.91 bits per heavy atom. The van der Waals surface area contributed by atoms with E-state index in [0.29, 0.717) is 37.0 Å². The fourth-order valence-corrected chi connectivity index (χ4v) is 5.16. The number of benzene rings is 2. The summed E-state index contributed by atoms with van der Waals surface area (Å²) in [4.78, 5) is 46.9. The second kappa shape index (κ2) is 19.5. The van der Waals surface area contributed by atoms with Gasteiger partial charge in [0.05, 0.1) is 22.9 Å². The largest absolute Gasteiger partial charge is 0.494 e. The molecule has 1 aliphatic rings. The third-order valence-electron chi connectivity index (χ3n) is 6.25. The number of carbonyl (C=O) groups is 4. The topological polar surface area (TPSA) is 179 Å². The average Bonchev–Trinajstić information content (AvgIpc) is 3.32. The van der Waals surface area contributed by atoms with Gasteiger partial charge in [-0.05, 0) is 68.6 Å². The molecule has 4 N–H and O–H groups in total. The summed E-state index contributed by atoms with van der Waals surface area (Å²) in [7, 11) is 2.11. The molecule has 2 heterocycles. The normalized spacial score (nSPS) is 14.0. The van der Waals surface area contributed by atoms with Crippen LogP contribution in [-0.4, -0.2) is 86.1 Å². The van der Waals surface area contributed by atoms with Gasteiger partial charge in [-0.1, -0.05) is 23.5 Å². The molecule has 0 aliphatic carbocycles. The summed E-state index contributed by atoms with van der Waals surface area (Å²) >= 11 is 1.78. The molecule has 242 valence electrons. The molecule has 1 fully saturated rings. The second-order valence-electron chi connectivity index (χ2n) is 9.64. The van der Waals surface area contributed by atoms with Crippen LogP contribution in [0.1, 0.15) is 25.7 Å². The van der Waals surface area contributed by atoms with Gasteiger partial charge in [0.15, 0.2) is 4.80 Å². The number of para-hydroxylation sites is 1. The molecular weight excluding hydrogens is 609 g/mol. The number of hydrogen-bond acceptors (Lipinski definition) is 8. The zero-order valence-electron chi connectivity index (χ0n) is 24.6. The van der Waals surface area contributed by atoms with Gasteiger partial charge < -0.3 is 34.6 Å². The van der Waals surface area contributed by atoms with Gasteiger partial charge in [-0.2, -0.15) is 0 Å². The quantitative estimate of drug-likeness (QED) is 0.176. The van der Waals surface area contributed by atoms with E-state index in [-0.39, 0.29) is 5.82 Å². The molecule has 1 saturated heterocycles. The Kier molecular flexibility index (Phi) is 15.7. The Bertz CT molecular complexity index is 1470. The number of hydrogen-bond donors (Lipinski definition) is 4. The number of halogens is 1. The number of aromatic nitrogens is 1. The number of piperidine rings is 1. The molecule has 1 aliphatic heterocycles. The minimum absolute atomic E-state index is 0.228. The number of unbranched alkanes of at least 4 members (excludes halogenated alkanes) is 1. The summed E-state index contributed by atoms with van der Waals surface area (Å²) in [6.45, 7) is 4.01. The van der Waals surface area contributed by atoms with Crippen molar-refractivity contribution in [2.45, 2.75) is 31.7 Å². The van der Waals surface area contributed by atoms with Crippen LogP contribution >= 0.6 is 11.3 Å². The minimum atomic E-state index is -1.26. The van der Waals surface area contributed by atoms with E-state index >= 15 is 0 Å². The van der Waals surface area contributed by atoms with Crippen molar-refractivity contribution in [3.63, 3.8) is 0 Å². The predicted octanol–water partition coefficient (Wildman–Crippen LogP) is 4.03. The third-order valence-corrected chi connectivity index (χ3v) is 7.38. The van der Waals surface area contributed by atoms with Crippen molar-refractivity contribution in [3.8, 4) is 5.75 Å². The van der Waals surface area contributed by atoms with Crippen molar-refractivity contribution < 1.29 is 48.7 Å². The molecule has 2 aromatic carbocycles. The highest BCUT2D eigenvalue weighted by Crippen LogP contribution is 2.18. The average molecular weight is 646 g/mol. The fraction of sp³-hybridized carbons (Fsp3) is 0.323. The highest BCUT2D eigenvalue weighted by atomic mass is 32.1. The first-order chi connectivity index (χ1) is 21.4. The number of rotatable bonds is 11. The van der Waals surface area contributed by atoms with Gasteiger partial charge in [-0.15, -0.1) is 0 Å². The molecule has 0 atom stereocenters. The monoisotopic (exact) mass is 645 g/mol. The summed E-state index contributed by atoms with van der Waals surface area (Å²) in [6.07, 6.45) is 6.61. The lowest BCUT2D eigenvalue weighted by molar-refractivity contribution is -0.134. The first-order valence-electron chi connectivity index (χ1n) is 13.9. The van der Waals surface area contributed by atoms with Gasteiger partial charge in [-0.25, -0.2) is 23.6 Å².